The second-order valence-corrected chi connectivity index (χ2v) is 5.16. The number of ether oxygens (including phenoxy) is 1. The largest absolute Gasteiger partial charge is 0.494 e. The number of para-hydroxylation sites is 1. The van der Waals surface area contributed by atoms with Crippen molar-refractivity contribution in [1.29, 1.82) is 0 Å². The minimum Gasteiger partial charge on any atom is -0.494 e. The second kappa shape index (κ2) is 7.37. The number of unbranched alkanes of at least 4 members (excludes halogenated alkanes) is 1. The van der Waals surface area contributed by atoms with Crippen molar-refractivity contribution in [3.63, 3.8) is 0 Å². The first-order valence-corrected chi connectivity index (χ1v) is 7.13. The zero-order valence-corrected chi connectivity index (χ0v) is 10.7. The second-order valence-electron chi connectivity index (χ2n) is 5.16. The Bertz CT molecular complexity index is 288. The maximum absolute atomic E-state index is 5.70. The molecule has 0 spiro atoms. The highest BCUT2D eigenvalue weighted by atomic mass is 16.5. The van der Waals surface area contributed by atoms with Crippen LogP contribution in [0.2, 0.25) is 0 Å². The van der Waals surface area contributed by atoms with Crippen LogP contribution in [0.5, 0.6) is 5.75 Å². The minimum absolute atomic E-state index is 0.872. The molecule has 1 aliphatic carbocycles. The summed E-state index contributed by atoms with van der Waals surface area (Å²) in [5, 5.41) is 0. The summed E-state index contributed by atoms with van der Waals surface area (Å²) in [6.07, 6.45) is 11.3. The van der Waals surface area contributed by atoms with Gasteiger partial charge >= 0.3 is 0 Å². The molecule has 17 heavy (non-hydrogen) atoms. The van der Waals surface area contributed by atoms with Gasteiger partial charge in [-0.3, -0.25) is 0 Å². The van der Waals surface area contributed by atoms with E-state index in [2.05, 4.69) is 0 Å². The summed E-state index contributed by atoms with van der Waals surface area (Å²) >= 11 is 0. The first-order valence-electron chi connectivity index (χ1n) is 7.13. The number of hydrogen-bond acceptors (Lipinski definition) is 1. The summed E-state index contributed by atoms with van der Waals surface area (Å²) in [7, 11) is 0. The van der Waals surface area contributed by atoms with Gasteiger partial charge in [0, 0.05) is 0 Å². The molecule has 1 aromatic rings. The fourth-order valence-electron chi connectivity index (χ4n) is 2.72. The topological polar surface area (TPSA) is 9.23 Å². The van der Waals surface area contributed by atoms with E-state index in [0.29, 0.717) is 0 Å². The Morgan fingerprint density at radius 1 is 0.941 bits per heavy atom. The van der Waals surface area contributed by atoms with E-state index in [9.17, 15) is 0 Å². The molecule has 1 saturated carbocycles. The van der Waals surface area contributed by atoms with E-state index in [0.717, 1.165) is 18.3 Å². The Balaban J connectivity index is 1.51. The van der Waals surface area contributed by atoms with E-state index in [-0.39, 0.29) is 0 Å². The highest BCUT2D eigenvalue weighted by Crippen LogP contribution is 2.27. The lowest BCUT2D eigenvalue weighted by Crippen LogP contribution is -2.06. The molecule has 0 atom stereocenters. The van der Waals surface area contributed by atoms with Gasteiger partial charge in [0.2, 0.25) is 0 Å². The zero-order valence-electron chi connectivity index (χ0n) is 10.7. The van der Waals surface area contributed by atoms with Crippen molar-refractivity contribution < 1.29 is 4.74 Å². The van der Waals surface area contributed by atoms with Crippen molar-refractivity contribution in [3.05, 3.63) is 30.3 Å². The van der Waals surface area contributed by atoms with Crippen molar-refractivity contribution in [2.24, 2.45) is 5.92 Å². The lowest BCUT2D eigenvalue weighted by molar-refractivity contribution is 0.283. The molecule has 1 heteroatoms. The maximum Gasteiger partial charge on any atom is 0.119 e. The molecule has 94 valence electrons. The fourth-order valence-corrected chi connectivity index (χ4v) is 2.72. The summed E-state index contributed by atoms with van der Waals surface area (Å²) in [6.45, 7) is 0.872. The van der Waals surface area contributed by atoms with Crippen LogP contribution in [0.3, 0.4) is 0 Å². The van der Waals surface area contributed by atoms with Crippen molar-refractivity contribution in [1.82, 2.24) is 0 Å². The highest BCUT2D eigenvalue weighted by molar-refractivity contribution is 5.20. The van der Waals surface area contributed by atoms with Crippen LogP contribution in [-0.2, 0) is 0 Å². The molecule has 1 aromatic carbocycles. The molecule has 0 aliphatic heterocycles. The molecule has 1 nitrogen and oxygen atoms in total. The van der Waals surface area contributed by atoms with Crippen molar-refractivity contribution in [2.45, 2.75) is 51.4 Å². The van der Waals surface area contributed by atoms with E-state index in [1.807, 2.05) is 30.3 Å². The molecule has 0 aromatic heterocycles. The standard InChI is InChI=1S/C16H24O/c1-3-9-15(10-4-1)11-7-8-14-17-16-12-5-2-6-13-16/h2,5-6,12-13,15H,1,3-4,7-11,14H2. The lowest BCUT2D eigenvalue weighted by Gasteiger charge is -2.21. The summed E-state index contributed by atoms with van der Waals surface area (Å²) in [6, 6.07) is 10.1. The summed E-state index contributed by atoms with van der Waals surface area (Å²) in [4.78, 5) is 0. The normalized spacial score (nSPS) is 16.9. The predicted molar refractivity (Wildman–Crippen MR) is 72.4 cm³/mol. The molecule has 0 amide bonds. The zero-order chi connectivity index (χ0) is 11.8. The van der Waals surface area contributed by atoms with E-state index in [4.69, 9.17) is 4.74 Å². The predicted octanol–water partition coefficient (Wildman–Crippen LogP) is 4.82. The van der Waals surface area contributed by atoms with Gasteiger partial charge in [-0.05, 0) is 30.9 Å². The van der Waals surface area contributed by atoms with Gasteiger partial charge < -0.3 is 4.74 Å². The van der Waals surface area contributed by atoms with Gasteiger partial charge in [-0.25, -0.2) is 0 Å². The Hall–Kier alpha value is -0.980. The average molecular weight is 232 g/mol. The SMILES string of the molecule is c1ccc(OCCCCC2CCCCC2)cc1. The number of hydrogen-bond donors (Lipinski definition) is 0. The summed E-state index contributed by atoms with van der Waals surface area (Å²) < 4.78 is 5.70. The molecule has 0 N–H and O–H groups in total. The Kier molecular flexibility index (Phi) is 5.41. The molecule has 0 radical (unpaired) electrons. The van der Waals surface area contributed by atoms with Gasteiger partial charge in [0.05, 0.1) is 6.61 Å². The van der Waals surface area contributed by atoms with Crippen LogP contribution in [0.1, 0.15) is 51.4 Å². The maximum atomic E-state index is 5.70. The molecule has 1 fully saturated rings. The van der Waals surface area contributed by atoms with Crippen LogP contribution in [-0.4, -0.2) is 6.61 Å². The quantitative estimate of drug-likeness (QED) is 0.639. The average Bonchev–Trinajstić information content (AvgIpc) is 2.41. The van der Waals surface area contributed by atoms with Gasteiger partial charge in [0.25, 0.3) is 0 Å². The van der Waals surface area contributed by atoms with Crippen LogP contribution in [0, 0.1) is 5.92 Å². The van der Waals surface area contributed by atoms with Crippen molar-refractivity contribution in [3.8, 4) is 5.75 Å². The molecule has 0 saturated heterocycles. The van der Waals surface area contributed by atoms with Crippen LogP contribution >= 0.6 is 0 Å². The van der Waals surface area contributed by atoms with Crippen LogP contribution in [0.15, 0.2) is 30.3 Å². The van der Waals surface area contributed by atoms with Crippen LogP contribution in [0.25, 0.3) is 0 Å². The Labute approximate surface area is 105 Å². The number of rotatable bonds is 6. The van der Waals surface area contributed by atoms with Gasteiger partial charge in [-0.15, -0.1) is 0 Å². The summed E-state index contributed by atoms with van der Waals surface area (Å²) in [5.41, 5.74) is 0. The third kappa shape index (κ3) is 4.80. The van der Waals surface area contributed by atoms with Gasteiger partial charge in [0.15, 0.2) is 0 Å². The molecule has 0 heterocycles. The van der Waals surface area contributed by atoms with Gasteiger partial charge in [0.1, 0.15) is 5.75 Å². The van der Waals surface area contributed by atoms with Crippen LogP contribution < -0.4 is 4.74 Å². The molecular formula is C16H24O. The highest BCUT2D eigenvalue weighted by Gasteiger charge is 2.12. The van der Waals surface area contributed by atoms with E-state index in [1.165, 1.54) is 51.4 Å². The van der Waals surface area contributed by atoms with Gasteiger partial charge in [-0.2, -0.15) is 0 Å². The molecule has 0 bridgehead atoms. The molecule has 0 unspecified atom stereocenters. The molecular weight excluding hydrogens is 208 g/mol. The fraction of sp³-hybridized carbons (Fsp3) is 0.625. The first-order chi connectivity index (χ1) is 8.45. The Morgan fingerprint density at radius 2 is 1.71 bits per heavy atom. The Morgan fingerprint density at radius 3 is 2.47 bits per heavy atom. The third-order valence-corrected chi connectivity index (χ3v) is 3.74. The van der Waals surface area contributed by atoms with Crippen molar-refractivity contribution >= 4 is 0 Å². The van der Waals surface area contributed by atoms with Gasteiger partial charge in [-0.1, -0.05) is 56.7 Å². The summed E-state index contributed by atoms with van der Waals surface area (Å²) in [5.74, 6) is 2.02. The van der Waals surface area contributed by atoms with E-state index >= 15 is 0 Å². The van der Waals surface area contributed by atoms with E-state index < -0.39 is 0 Å². The smallest absolute Gasteiger partial charge is 0.119 e. The first kappa shape index (κ1) is 12.5. The lowest BCUT2D eigenvalue weighted by atomic mass is 9.86. The van der Waals surface area contributed by atoms with Crippen LogP contribution in [0.4, 0.5) is 0 Å². The monoisotopic (exact) mass is 232 g/mol. The molecule has 1 aliphatic rings. The minimum atomic E-state index is 0.872. The van der Waals surface area contributed by atoms with Crippen molar-refractivity contribution in [2.75, 3.05) is 6.61 Å². The number of benzene rings is 1. The van der Waals surface area contributed by atoms with E-state index in [1.54, 1.807) is 0 Å². The third-order valence-electron chi connectivity index (χ3n) is 3.74. The molecule has 2 rings (SSSR count).